The number of rotatable bonds is 7. The summed E-state index contributed by atoms with van der Waals surface area (Å²) in [6.45, 7) is 2.50. The van der Waals surface area contributed by atoms with Gasteiger partial charge in [-0.3, -0.25) is 0 Å². The molecular weight excluding hydrogens is 256 g/mol. The van der Waals surface area contributed by atoms with Crippen LogP contribution in [-0.4, -0.2) is 25.4 Å². The molecule has 110 valence electrons. The molecule has 0 aromatic heterocycles. The number of hydrogen-bond donors (Lipinski definition) is 2. The second-order valence-electron chi connectivity index (χ2n) is 6.14. The number of hydrogen-bond acceptors (Lipinski definition) is 5. The fraction of sp³-hybridized carbons (Fsp3) is 0.733. The van der Waals surface area contributed by atoms with E-state index in [4.69, 9.17) is 20.6 Å². The Kier molecular flexibility index (Phi) is 3.03. The standard InChI is InChI=1S/C15H22N2O3/c1-2-19-13(18)10(9-16)12(17)20-8-3-11-14(4-5-14)15(11)6-7-15/h9,11,16H,2-8,17H2,1H3. The van der Waals surface area contributed by atoms with Crippen molar-refractivity contribution in [2.45, 2.75) is 39.0 Å². The van der Waals surface area contributed by atoms with E-state index in [9.17, 15) is 4.79 Å². The molecule has 3 saturated carbocycles. The van der Waals surface area contributed by atoms with Crippen molar-refractivity contribution in [3.05, 3.63) is 11.5 Å². The molecule has 2 spiro atoms. The van der Waals surface area contributed by atoms with Gasteiger partial charge in [0.25, 0.3) is 0 Å². The zero-order valence-corrected chi connectivity index (χ0v) is 11.9. The van der Waals surface area contributed by atoms with Crippen molar-refractivity contribution in [1.29, 1.82) is 5.41 Å². The Balaban J connectivity index is 1.50. The smallest absolute Gasteiger partial charge is 0.345 e. The van der Waals surface area contributed by atoms with Crippen LogP contribution in [-0.2, 0) is 14.3 Å². The van der Waals surface area contributed by atoms with Crippen LogP contribution in [0.15, 0.2) is 11.5 Å². The molecule has 3 fully saturated rings. The van der Waals surface area contributed by atoms with Crippen molar-refractivity contribution in [2.75, 3.05) is 13.2 Å². The first kappa shape index (κ1) is 13.5. The third kappa shape index (κ3) is 1.83. The molecule has 5 heteroatoms. The van der Waals surface area contributed by atoms with E-state index in [-0.39, 0.29) is 18.1 Å². The molecule has 5 nitrogen and oxygen atoms in total. The molecule has 3 rings (SSSR count). The van der Waals surface area contributed by atoms with Crippen molar-refractivity contribution in [3.8, 4) is 0 Å². The number of fused-ring (bicyclic) bond motifs is 1. The van der Waals surface area contributed by atoms with Crippen LogP contribution in [0.2, 0.25) is 0 Å². The molecule has 0 aromatic carbocycles. The monoisotopic (exact) mass is 278 g/mol. The summed E-state index contributed by atoms with van der Waals surface area (Å²) in [6, 6.07) is 0. The molecule has 0 bridgehead atoms. The van der Waals surface area contributed by atoms with Crippen molar-refractivity contribution < 1.29 is 14.3 Å². The van der Waals surface area contributed by atoms with Crippen LogP contribution in [0.5, 0.6) is 0 Å². The van der Waals surface area contributed by atoms with E-state index >= 15 is 0 Å². The van der Waals surface area contributed by atoms with Crippen molar-refractivity contribution >= 4 is 12.2 Å². The quantitative estimate of drug-likeness (QED) is 0.323. The first-order chi connectivity index (χ1) is 9.61. The molecule has 0 atom stereocenters. The van der Waals surface area contributed by atoms with Crippen LogP contribution in [0, 0.1) is 22.2 Å². The fourth-order valence-electron chi connectivity index (χ4n) is 4.16. The van der Waals surface area contributed by atoms with Crippen molar-refractivity contribution in [3.63, 3.8) is 0 Å². The zero-order valence-electron chi connectivity index (χ0n) is 11.9. The van der Waals surface area contributed by atoms with Gasteiger partial charge in [-0.2, -0.15) is 0 Å². The summed E-state index contributed by atoms with van der Waals surface area (Å²) in [5.41, 5.74) is 7.08. The van der Waals surface area contributed by atoms with E-state index in [1.165, 1.54) is 25.7 Å². The van der Waals surface area contributed by atoms with Crippen LogP contribution in [0.4, 0.5) is 0 Å². The van der Waals surface area contributed by atoms with Crippen LogP contribution < -0.4 is 5.73 Å². The van der Waals surface area contributed by atoms with Gasteiger partial charge in [0.1, 0.15) is 5.57 Å². The molecule has 0 aliphatic heterocycles. The van der Waals surface area contributed by atoms with E-state index < -0.39 is 5.97 Å². The topological polar surface area (TPSA) is 85.4 Å². The van der Waals surface area contributed by atoms with Crippen LogP contribution in [0.3, 0.4) is 0 Å². The lowest BCUT2D eigenvalue weighted by Gasteiger charge is -2.09. The summed E-state index contributed by atoms with van der Waals surface area (Å²) in [4.78, 5) is 11.6. The van der Waals surface area contributed by atoms with Gasteiger partial charge in [0.15, 0.2) is 0 Å². The lowest BCUT2D eigenvalue weighted by atomic mass is 10.2. The average Bonchev–Trinajstić information content (AvgIpc) is 3.30. The first-order valence-electron chi connectivity index (χ1n) is 7.41. The van der Waals surface area contributed by atoms with E-state index in [0.29, 0.717) is 17.4 Å². The molecule has 3 aliphatic rings. The first-order valence-corrected chi connectivity index (χ1v) is 7.41. The van der Waals surface area contributed by atoms with Gasteiger partial charge in [-0.25, -0.2) is 4.79 Å². The number of ether oxygens (including phenoxy) is 2. The maximum atomic E-state index is 11.6. The van der Waals surface area contributed by atoms with Crippen LogP contribution >= 0.6 is 0 Å². The van der Waals surface area contributed by atoms with E-state index in [0.717, 1.165) is 18.6 Å². The SMILES string of the molecule is CCOC(=O)C(C=N)=C(N)OCCC1C2(CC2)C12CC2. The van der Waals surface area contributed by atoms with Gasteiger partial charge in [-0.1, -0.05) is 0 Å². The molecule has 0 amide bonds. The van der Waals surface area contributed by atoms with Gasteiger partial charge >= 0.3 is 5.97 Å². The van der Waals surface area contributed by atoms with E-state index in [2.05, 4.69) is 0 Å². The maximum absolute atomic E-state index is 11.6. The second-order valence-corrected chi connectivity index (χ2v) is 6.14. The lowest BCUT2D eigenvalue weighted by Crippen LogP contribution is -2.17. The molecule has 0 saturated heterocycles. The van der Waals surface area contributed by atoms with Crippen molar-refractivity contribution in [2.24, 2.45) is 22.5 Å². The van der Waals surface area contributed by atoms with Crippen LogP contribution in [0.1, 0.15) is 39.0 Å². The van der Waals surface area contributed by atoms with Gasteiger partial charge < -0.3 is 20.6 Å². The number of nitrogens with one attached hydrogen (secondary N) is 1. The molecule has 0 heterocycles. The molecule has 20 heavy (non-hydrogen) atoms. The predicted molar refractivity (Wildman–Crippen MR) is 74.0 cm³/mol. The minimum absolute atomic E-state index is 0.00455. The largest absolute Gasteiger partial charge is 0.479 e. The Morgan fingerprint density at radius 3 is 2.35 bits per heavy atom. The molecule has 0 unspecified atom stereocenters. The second kappa shape index (κ2) is 4.50. The average molecular weight is 278 g/mol. The summed E-state index contributed by atoms with van der Waals surface area (Å²) in [5, 5.41) is 7.23. The highest BCUT2D eigenvalue weighted by Crippen LogP contribution is 2.93. The summed E-state index contributed by atoms with van der Waals surface area (Å²) in [6.07, 6.45) is 7.45. The van der Waals surface area contributed by atoms with Gasteiger partial charge in [0.05, 0.1) is 13.2 Å². The van der Waals surface area contributed by atoms with Gasteiger partial charge in [0.2, 0.25) is 5.88 Å². The number of carbonyl (C=O) groups is 1. The summed E-state index contributed by atoms with van der Waals surface area (Å²) < 4.78 is 10.3. The third-order valence-corrected chi connectivity index (χ3v) is 5.39. The highest BCUT2D eigenvalue weighted by molar-refractivity contribution is 6.08. The van der Waals surface area contributed by atoms with Gasteiger partial charge in [0, 0.05) is 6.21 Å². The molecule has 0 aromatic rings. The van der Waals surface area contributed by atoms with Crippen molar-refractivity contribution in [1.82, 2.24) is 0 Å². The Hall–Kier alpha value is -1.52. The Morgan fingerprint density at radius 1 is 1.30 bits per heavy atom. The third-order valence-electron chi connectivity index (χ3n) is 5.39. The summed E-state index contributed by atoms with van der Waals surface area (Å²) in [7, 11) is 0. The van der Waals surface area contributed by atoms with Gasteiger partial charge in [-0.15, -0.1) is 0 Å². The predicted octanol–water partition coefficient (Wildman–Crippen LogP) is 1.97. The number of nitrogens with two attached hydrogens (primary N) is 1. The maximum Gasteiger partial charge on any atom is 0.345 e. The Labute approximate surface area is 119 Å². The van der Waals surface area contributed by atoms with Gasteiger partial charge in [-0.05, 0) is 55.8 Å². The molecule has 3 N–H and O–H groups in total. The van der Waals surface area contributed by atoms with E-state index in [1.807, 2.05) is 0 Å². The highest BCUT2D eigenvalue weighted by atomic mass is 16.5. The number of carbonyl (C=O) groups excluding carboxylic acids is 1. The molecule has 0 radical (unpaired) electrons. The lowest BCUT2D eigenvalue weighted by molar-refractivity contribution is -0.138. The normalized spacial score (nSPS) is 27.8. The van der Waals surface area contributed by atoms with E-state index in [1.54, 1.807) is 6.92 Å². The number of esters is 1. The minimum atomic E-state index is -0.594. The minimum Gasteiger partial charge on any atom is -0.479 e. The summed E-state index contributed by atoms with van der Waals surface area (Å²) in [5.74, 6) is 0.214. The Morgan fingerprint density at radius 2 is 1.90 bits per heavy atom. The molecular formula is C15H22N2O3. The van der Waals surface area contributed by atoms with Crippen LogP contribution in [0.25, 0.3) is 0 Å². The fourth-order valence-corrected chi connectivity index (χ4v) is 4.16. The Bertz CT molecular complexity index is 458. The summed E-state index contributed by atoms with van der Waals surface area (Å²) >= 11 is 0. The molecule has 3 aliphatic carbocycles. The zero-order chi connectivity index (χ0) is 14.4. The highest BCUT2D eigenvalue weighted by Gasteiger charge is 2.85.